The Balaban J connectivity index is 2.86. The van der Waals surface area contributed by atoms with Gasteiger partial charge in [-0.2, -0.15) is 0 Å². The summed E-state index contributed by atoms with van der Waals surface area (Å²) in [6.07, 6.45) is 0. The fourth-order valence-corrected chi connectivity index (χ4v) is 0.836. The van der Waals surface area contributed by atoms with E-state index in [2.05, 4.69) is 4.98 Å². The molecule has 0 fully saturated rings. The van der Waals surface area contributed by atoms with Gasteiger partial charge in [-0.25, -0.2) is 4.98 Å². The van der Waals surface area contributed by atoms with Crippen molar-refractivity contribution in [2.75, 3.05) is 6.61 Å². The van der Waals surface area contributed by atoms with E-state index in [1.165, 1.54) is 5.56 Å². The molecule has 1 heterocycles. The molecule has 0 aliphatic rings. The van der Waals surface area contributed by atoms with Crippen molar-refractivity contribution in [2.24, 2.45) is 0 Å². The van der Waals surface area contributed by atoms with Crippen LogP contribution < -0.4 is 4.74 Å². The van der Waals surface area contributed by atoms with Crippen molar-refractivity contribution in [1.82, 2.24) is 4.98 Å². The van der Waals surface area contributed by atoms with Gasteiger partial charge in [0, 0.05) is 11.8 Å². The van der Waals surface area contributed by atoms with Crippen molar-refractivity contribution >= 4 is 0 Å². The van der Waals surface area contributed by atoms with Crippen molar-refractivity contribution < 1.29 is 4.74 Å². The molecule has 0 aliphatic carbocycles. The summed E-state index contributed by atoms with van der Waals surface area (Å²) in [4.78, 5) is 4.24. The lowest BCUT2D eigenvalue weighted by atomic mass is 10.2. The molecule has 0 amide bonds. The second-order valence-electron chi connectivity index (χ2n) is 2.48. The maximum atomic E-state index is 5.23. The minimum absolute atomic E-state index is 0.676. The molecule has 2 heteroatoms. The van der Waals surface area contributed by atoms with Crippen LogP contribution in [-0.2, 0) is 0 Å². The van der Waals surface area contributed by atoms with E-state index in [4.69, 9.17) is 4.74 Å². The van der Waals surface area contributed by atoms with E-state index in [-0.39, 0.29) is 0 Å². The first-order valence-corrected chi connectivity index (χ1v) is 3.81. The second kappa shape index (κ2) is 3.37. The first-order valence-electron chi connectivity index (χ1n) is 3.81. The number of rotatable bonds is 2. The lowest BCUT2D eigenvalue weighted by Crippen LogP contribution is -1.96. The third-order valence-electron chi connectivity index (χ3n) is 1.62. The van der Waals surface area contributed by atoms with Gasteiger partial charge in [-0.05, 0) is 26.3 Å². The fourth-order valence-electron chi connectivity index (χ4n) is 0.836. The van der Waals surface area contributed by atoms with Gasteiger partial charge in [0.05, 0.1) is 6.61 Å². The number of pyridine rings is 1. The van der Waals surface area contributed by atoms with Gasteiger partial charge in [0.25, 0.3) is 0 Å². The number of aromatic nitrogens is 1. The molecule has 1 rings (SSSR count). The van der Waals surface area contributed by atoms with Gasteiger partial charge in [0.2, 0.25) is 5.88 Å². The summed E-state index contributed by atoms with van der Waals surface area (Å²) in [6.45, 7) is 6.66. The molecule has 60 valence electrons. The Bertz CT molecular complexity index is 245. The molecular weight excluding hydrogens is 138 g/mol. The minimum atomic E-state index is 0.676. The highest BCUT2D eigenvalue weighted by Crippen LogP contribution is 2.10. The average molecular weight is 151 g/mol. The number of hydrogen-bond donors (Lipinski definition) is 0. The molecular formula is C9H13NO. The molecule has 2 nitrogen and oxygen atoms in total. The van der Waals surface area contributed by atoms with E-state index in [0.717, 1.165) is 11.6 Å². The largest absolute Gasteiger partial charge is 0.478 e. The van der Waals surface area contributed by atoms with Gasteiger partial charge in [0.1, 0.15) is 0 Å². The maximum Gasteiger partial charge on any atom is 0.213 e. The van der Waals surface area contributed by atoms with Crippen LogP contribution in [-0.4, -0.2) is 11.6 Å². The maximum absolute atomic E-state index is 5.23. The van der Waals surface area contributed by atoms with E-state index < -0.39 is 0 Å². The average Bonchev–Trinajstić information content (AvgIpc) is 1.98. The van der Waals surface area contributed by atoms with E-state index in [1.807, 2.05) is 32.9 Å². The van der Waals surface area contributed by atoms with Crippen LogP contribution >= 0.6 is 0 Å². The van der Waals surface area contributed by atoms with Crippen LogP contribution in [0.15, 0.2) is 12.1 Å². The Morgan fingerprint density at radius 2 is 2.09 bits per heavy atom. The Labute approximate surface area is 67.2 Å². The van der Waals surface area contributed by atoms with Crippen LogP contribution in [0.5, 0.6) is 5.88 Å². The molecule has 0 aromatic carbocycles. The van der Waals surface area contributed by atoms with Crippen LogP contribution in [0.3, 0.4) is 0 Å². The molecule has 0 bridgehead atoms. The summed E-state index contributed by atoms with van der Waals surface area (Å²) in [5.74, 6) is 0.718. The van der Waals surface area contributed by atoms with E-state index in [1.54, 1.807) is 0 Å². The molecule has 11 heavy (non-hydrogen) atoms. The first-order chi connectivity index (χ1) is 5.24. The molecule has 0 unspecified atom stereocenters. The summed E-state index contributed by atoms with van der Waals surface area (Å²) in [6, 6.07) is 3.92. The van der Waals surface area contributed by atoms with Gasteiger partial charge in [-0.3, -0.25) is 0 Å². The van der Waals surface area contributed by atoms with Gasteiger partial charge in [-0.15, -0.1) is 0 Å². The van der Waals surface area contributed by atoms with Crippen LogP contribution in [0.2, 0.25) is 0 Å². The summed E-state index contributed by atoms with van der Waals surface area (Å²) in [7, 11) is 0. The predicted octanol–water partition coefficient (Wildman–Crippen LogP) is 2.10. The van der Waals surface area contributed by atoms with Gasteiger partial charge < -0.3 is 4.74 Å². The molecule has 0 saturated carbocycles. The van der Waals surface area contributed by atoms with E-state index in [9.17, 15) is 0 Å². The fraction of sp³-hybridized carbons (Fsp3) is 0.444. The zero-order chi connectivity index (χ0) is 8.27. The minimum Gasteiger partial charge on any atom is -0.478 e. The summed E-state index contributed by atoms with van der Waals surface area (Å²) in [5, 5.41) is 0. The summed E-state index contributed by atoms with van der Waals surface area (Å²) in [5.41, 5.74) is 2.24. The van der Waals surface area contributed by atoms with Gasteiger partial charge in [-0.1, -0.05) is 6.07 Å². The van der Waals surface area contributed by atoms with Gasteiger partial charge >= 0.3 is 0 Å². The Hall–Kier alpha value is -1.05. The lowest BCUT2D eigenvalue weighted by Gasteiger charge is -2.03. The quantitative estimate of drug-likeness (QED) is 0.645. The molecule has 0 N–H and O–H groups in total. The third kappa shape index (κ3) is 1.93. The number of nitrogens with zero attached hydrogens (tertiary/aromatic N) is 1. The number of hydrogen-bond acceptors (Lipinski definition) is 2. The lowest BCUT2D eigenvalue weighted by molar-refractivity contribution is 0.326. The molecule has 0 atom stereocenters. The summed E-state index contributed by atoms with van der Waals surface area (Å²) >= 11 is 0. The Morgan fingerprint density at radius 3 is 2.64 bits per heavy atom. The highest BCUT2D eigenvalue weighted by atomic mass is 16.5. The zero-order valence-corrected chi connectivity index (χ0v) is 7.22. The van der Waals surface area contributed by atoms with Crippen LogP contribution in [0.1, 0.15) is 18.2 Å². The van der Waals surface area contributed by atoms with Crippen LogP contribution in [0.4, 0.5) is 0 Å². The molecule has 1 aromatic rings. The molecule has 0 aliphatic heterocycles. The number of ether oxygens (including phenoxy) is 1. The zero-order valence-electron chi connectivity index (χ0n) is 7.22. The second-order valence-corrected chi connectivity index (χ2v) is 2.48. The van der Waals surface area contributed by atoms with Crippen molar-refractivity contribution in [1.29, 1.82) is 0 Å². The number of aryl methyl sites for hydroxylation is 2. The Kier molecular flexibility index (Phi) is 2.47. The van der Waals surface area contributed by atoms with E-state index >= 15 is 0 Å². The standard InChI is InChI=1S/C9H13NO/c1-4-11-9-6-5-7(2)8(3)10-9/h5-6H,4H2,1-3H3. The monoisotopic (exact) mass is 151 g/mol. The Morgan fingerprint density at radius 1 is 1.36 bits per heavy atom. The summed E-state index contributed by atoms with van der Waals surface area (Å²) < 4.78 is 5.23. The van der Waals surface area contributed by atoms with Crippen molar-refractivity contribution in [3.05, 3.63) is 23.4 Å². The highest BCUT2D eigenvalue weighted by molar-refractivity contribution is 5.23. The predicted molar refractivity (Wildman–Crippen MR) is 44.9 cm³/mol. The third-order valence-corrected chi connectivity index (χ3v) is 1.62. The smallest absolute Gasteiger partial charge is 0.213 e. The molecule has 0 radical (unpaired) electrons. The van der Waals surface area contributed by atoms with Crippen molar-refractivity contribution in [2.45, 2.75) is 20.8 Å². The molecule has 0 saturated heterocycles. The first kappa shape index (κ1) is 8.05. The van der Waals surface area contributed by atoms with Gasteiger partial charge in [0.15, 0.2) is 0 Å². The molecule has 0 spiro atoms. The molecule has 1 aromatic heterocycles. The van der Waals surface area contributed by atoms with Crippen LogP contribution in [0, 0.1) is 13.8 Å². The SMILES string of the molecule is CCOc1ccc(C)c(C)n1. The highest BCUT2D eigenvalue weighted by Gasteiger charge is 1.96. The van der Waals surface area contributed by atoms with E-state index in [0.29, 0.717) is 6.61 Å². The normalized spacial score (nSPS) is 9.73. The topological polar surface area (TPSA) is 22.1 Å². The van der Waals surface area contributed by atoms with Crippen LogP contribution in [0.25, 0.3) is 0 Å². The van der Waals surface area contributed by atoms with Crippen molar-refractivity contribution in [3.8, 4) is 5.88 Å². The van der Waals surface area contributed by atoms with Crippen molar-refractivity contribution in [3.63, 3.8) is 0 Å².